The van der Waals surface area contributed by atoms with E-state index in [9.17, 15) is 9.59 Å². The summed E-state index contributed by atoms with van der Waals surface area (Å²) in [6, 6.07) is 12.2. The zero-order valence-electron chi connectivity index (χ0n) is 14.8. The van der Waals surface area contributed by atoms with Crippen LogP contribution in [0, 0.1) is 0 Å². The molecule has 136 valence electrons. The highest BCUT2D eigenvalue weighted by Crippen LogP contribution is 2.35. The fourth-order valence-corrected chi connectivity index (χ4v) is 2.67. The third-order valence-corrected chi connectivity index (χ3v) is 4.01. The highest BCUT2D eigenvalue weighted by atomic mass is 16.5. The molecule has 0 radical (unpaired) electrons. The quantitative estimate of drug-likeness (QED) is 0.890. The molecule has 0 unspecified atom stereocenters. The Bertz CT molecular complexity index is 836. The Hall–Kier alpha value is -3.22. The molecule has 1 atom stereocenters. The van der Waals surface area contributed by atoms with Crippen LogP contribution in [0.3, 0.4) is 0 Å². The number of nitrogens with zero attached hydrogens (tertiary/aromatic N) is 1. The number of nitrogens with one attached hydrogen (secondary N) is 1. The third kappa shape index (κ3) is 3.56. The van der Waals surface area contributed by atoms with Crippen molar-refractivity contribution >= 4 is 23.2 Å². The molecule has 0 spiro atoms. The fraction of sp³-hybridized carbons (Fsp3) is 0.263. The van der Waals surface area contributed by atoms with Gasteiger partial charge >= 0.3 is 0 Å². The lowest BCUT2D eigenvalue weighted by molar-refractivity contribution is -0.125. The highest BCUT2D eigenvalue weighted by Gasteiger charge is 2.29. The normalized spacial score (nSPS) is 15.7. The fourth-order valence-electron chi connectivity index (χ4n) is 2.67. The molecule has 3 rings (SSSR count). The number of amides is 2. The lowest BCUT2D eigenvalue weighted by atomic mass is 10.2. The van der Waals surface area contributed by atoms with Gasteiger partial charge in [-0.05, 0) is 37.3 Å². The average Bonchev–Trinajstić information content (AvgIpc) is 2.65. The van der Waals surface area contributed by atoms with Gasteiger partial charge in [-0.2, -0.15) is 0 Å². The molecular weight excluding hydrogens is 336 g/mol. The van der Waals surface area contributed by atoms with Crippen LogP contribution in [0.25, 0.3) is 0 Å². The van der Waals surface area contributed by atoms with Crippen molar-refractivity contribution < 1.29 is 23.8 Å². The molecule has 0 fully saturated rings. The van der Waals surface area contributed by atoms with Gasteiger partial charge in [-0.15, -0.1) is 0 Å². The van der Waals surface area contributed by atoms with Gasteiger partial charge in [0.2, 0.25) is 0 Å². The van der Waals surface area contributed by atoms with E-state index >= 15 is 0 Å². The summed E-state index contributed by atoms with van der Waals surface area (Å²) in [6.07, 6.45) is -0.526. The number of para-hydroxylation sites is 2. The van der Waals surface area contributed by atoms with E-state index in [1.165, 1.54) is 12.0 Å². The zero-order valence-corrected chi connectivity index (χ0v) is 14.8. The van der Waals surface area contributed by atoms with Gasteiger partial charge in [-0.3, -0.25) is 9.59 Å². The topological polar surface area (TPSA) is 77.1 Å². The van der Waals surface area contributed by atoms with Crippen LogP contribution in [0.4, 0.5) is 11.4 Å². The van der Waals surface area contributed by atoms with Crippen molar-refractivity contribution in [3.8, 4) is 17.2 Å². The van der Waals surface area contributed by atoms with E-state index in [2.05, 4.69) is 5.32 Å². The summed E-state index contributed by atoms with van der Waals surface area (Å²) >= 11 is 0. The van der Waals surface area contributed by atoms with Crippen molar-refractivity contribution in [1.82, 2.24) is 0 Å². The minimum atomic E-state index is -0.526. The summed E-state index contributed by atoms with van der Waals surface area (Å²) in [5.74, 6) is 1.18. The predicted molar refractivity (Wildman–Crippen MR) is 97.1 cm³/mol. The molecule has 26 heavy (non-hydrogen) atoms. The molecule has 1 aliphatic rings. The second-order valence-electron chi connectivity index (χ2n) is 5.83. The average molecular weight is 356 g/mol. The summed E-state index contributed by atoms with van der Waals surface area (Å²) < 4.78 is 16.2. The number of anilines is 2. The lowest BCUT2D eigenvalue weighted by Crippen LogP contribution is -2.42. The molecular formula is C19H20N2O5. The van der Waals surface area contributed by atoms with Gasteiger partial charge in [0, 0.05) is 12.7 Å². The van der Waals surface area contributed by atoms with Crippen molar-refractivity contribution in [2.75, 3.05) is 31.0 Å². The van der Waals surface area contributed by atoms with Crippen LogP contribution < -0.4 is 24.4 Å². The van der Waals surface area contributed by atoms with Gasteiger partial charge in [0.15, 0.2) is 24.2 Å². The Morgan fingerprint density at radius 2 is 1.96 bits per heavy atom. The monoisotopic (exact) mass is 356 g/mol. The summed E-state index contributed by atoms with van der Waals surface area (Å²) in [7, 11) is 3.21. The van der Waals surface area contributed by atoms with Gasteiger partial charge in [0.05, 0.1) is 12.8 Å². The first-order valence-corrected chi connectivity index (χ1v) is 8.13. The summed E-state index contributed by atoms with van der Waals surface area (Å²) in [4.78, 5) is 25.7. The van der Waals surface area contributed by atoms with E-state index in [4.69, 9.17) is 14.2 Å². The zero-order chi connectivity index (χ0) is 18.7. The molecule has 2 aromatic carbocycles. The molecule has 1 N–H and O–H groups in total. The lowest BCUT2D eigenvalue weighted by Gasteiger charge is -2.30. The van der Waals surface area contributed by atoms with Crippen LogP contribution in [-0.4, -0.2) is 38.7 Å². The second-order valence-corrected chi connectivity index (χ2v) is 5.83. The van der Waals surface area contributed by atoms with Crippen LogP contribution >= 0.6 is 0 Å². The number of likely N-dealkylation sites (N-methyl/N-ethyl adjacent to an activating group) is 1. The molecule has 0 saturated carbocycles. The number of carbonyl (C=O) groups excluding carboxylic acids is 2. The van der Waals surface area contributed by atoms with Gasteiger partial charge in [0.1, 0.15) is 5.75 Å². The first-order chi connectivity index (χ1) is 12.5. The van der Waals surface area contributed by atoms with Crippen molar-refractivity contribution in [2.45, 2.75) is 13.0 Å². The largest absolute Gasteiger partial charge is 0.493 e. The number of benzene rings is 2. The van der Waals surface area contributed by atoms with E-state index in [1.54, 1.807) is 50.4 Å². The minimum absolute atomic E-state index is 0.138. The van der Waals surface area contributed by atoms with Gasteiger partial charge < -0.3 is 24.4 Å². The van der Waals surface area contributed by atoms with Gasteiger partial charge in [0.25, 0.3) is 11.8 Å². The number of hydrogen-bond acceptors (Lipinski definition) is 5. The Morgan fingerprint density at radius 1 is 1.23 bits per heavy atom. The van der Waals surface area contributed by atoms with Crippen LogP contribution in [0.2, 0.25) is 0 Å². The first kappa shape index (κ1) is 17.6. The molecule has 2 aromatic rings. The maximum Gasteiger partial charge on any atom is 0.267 e. The molecule has 7 heteroatoms. The van der Waals surface area contributed by atoms with Crippen molar-refractivity contribution in [1.29, 1.82) is 0 Å². The molecule has 0 saturated heterocycles. The second kappa shape index (κ2) is 7.35. The Morgan fingerprint density at radius 3 is 2.69 bits per heavy atom. The van der Waals surface area contributed by atoms with Gasteiger partial charge in [-0.1, -0.05) is 12.1 Å². The molecule has 0 bridgehead atoms. The van der Waals surface area contributed by atoms with Crippen LogP contribution in [0.15, 0.2) is 42.5 Å². The SMILES string of the molecule is COc1ccccc1OCC(=O)Nc1ccc2c(c1)N(C)C(=O)[C@H](C)O2. The first-order valence-electron chi connectivity index (χ1n) is 8.13. The molecule has 7 nitrogen and oxygen atoms in total. The Kier molecular flexibility index (Phi) is 4.97. The number of ether oxygens (including phenoxy) is 3. The molecule has 2 amide bonds. The number of rotatable bonds is 5. The molecule has 0 aliphatic carbocycles. The summed E-state index contributed by atoms with van der Waals surface area (Å²) in [5, 5.41) is 2.75. The Balaban J connectivity index is 1.66. The van der Waals surface area contributed by atoms with E-state index in [1.807, 2.05) is 6.07 Å². The number of carbonyl (C=O) groups is 2. The number of methoxy groups -OCH3 is 1. The van der Waals surface area contributed by atoms with Crippen molar-refractivity contribution in [3.63, 3.8) is 0 Å². The van der Waals surface area contributed by atoms with Crippen LogP contribution in [-0.2, 0) is 9.59 Å². The highest BCUT2D eigenvalue weighted by molar-refractivity contribution is 6.00. The minimum Gasteiger partial charge on any atom is -0.493 e. The standard InChI is InChI=1S/C19H20N2O5/c1-12-19(23)21(2)14-10-13(8-9-15(14)26-12)20-18(22)11-25-17-7-5-4-6-16(17)24-3/h4-10,12H,11H2,1-3H3,(H,20,22)/t12-/m0/s1. The predicted octanol–water partition coefficient (Wildman–Crippen LogP) is 2.46. The van der Waals surface area contributed by atoms with E-state index in [-0.39, 0.29) is 18.4 Å². The van der Waals surface area contributed by atoms with E-state index in [0.717, 1.165) is 0 Å². The summed E-state index contributed by atoms with van der Waals surface area (Å²) in [6.45, 7) is 1.53. The Labute approximate surface area is 151 Å². The smallest absolute Gasteiger partial charge is 0.267 e. The van der Waals surface area contributed by atoms with Crippen LogP contribution in [0.5, 0.6) is 17.2 Å². The van der Waals surface area contributed by atoms with Crippen molar-refractivity contribution in [2.24, 2.45) is 0 Å². The third-order valence-electron chi connectivity index (χ3n) is 4.01. The number of fused-ring (bicyclic) bond motifs is 1. The number of hydrogen-bond donors (Lipinski definition) is 1. The van der Waals surface area contributed by atoms with Crippen molar-refractivity contribution in [3.05, 3.63) is 42.5 Å². The molecule has 1 aliphatic heterocycles. The van der Waals surface area contributed by atoms with Gasteiger partial charge in [-0.25, -0.2) is 0 Å². The van der Waals surface area contributed by atoms with Crippen LogP contribution in [0.1, 0.15) is 6.92 Å². The summed E-state index contributed by atoms with van der Waals surface area (Å²) in [5.41, 5.74) is 1.16. The molecule has 0 aromatic heterocycles. The maximum atomic E-state index is 12.2. The van der Waals surface area contributed by atoms with E-state index in [0.29, 0.717) is 28.6 Å². The maximum absolute atomic E-state index is 12.2. The van der Waals surface area contributed by atoms with E-state index < -0.39 is 6.10 Å². The molecule has 1 heterocycles.